The fourth-order valence-electron chi connectivity index (χ4n) is 1.71. The summed E-state index contributed by atoms with van der Waals surface area (Å²) < 4.78 is 40.1. The van der Waals surface area contributed by atoms with Gasteiger partial charge in [-0.1, -0.05) is 12.1 Å². The Morgan fingerprint density at radius 2 is 2.05 bits per heavy atom. The number of hydrogen-bond acceptors (Lipinski definition) is 4. The molecule has 1 amide bonds. The summed E-state index contributed by atoms with van der Waals surface area (Å²) in [6.07, 6.45) is -5.05. The van der Waals surface area contributed by atoms with Crippen LogP contribution in [0.4, 0.5) is 13.2 Å². The molecule has 0 bridgehead atoms. The molecule has 0 unspecified atom stereocenters. The molecule has 1 aromatic carbocycles. The highest BCUT2D eigenvalue weighted by molar-refractivity contribution is 5.80. The first kappa shape index (κ1) is 17.8. The maximum atomic E-state index is 12.1. The smallest absolute Gasteiger partial charge is 0.481 e. The van der Waals surface area contributed by atoms with Gasteiger partial charge in [-0.05, 0) is 24.1 Å². The zero-order chi connectivity index (χ0) is 16.8. The third-order valence-electron chi connectivity index (χ3n) is 2.67. The lowest BCUT2D eigenvalue weighted by atomic mass is 10.1. The number of carbonyl (C=O) groups excluding carboxylic acids is 1. The monoisotopic (exact) mass is 320 g/mol. The van der Waals surface area contributed by atoms with Gasteiger partial charge in [-0.3, -0.25) is 9.59 Å². The fourth-order valence-corrected chi connectivity index (χ4v) is 1.71. The average Bonchev–Trinajstić information content (AvgIpc) is 2.36. The molecule has 0 aliphatic rings. The number of nitrogens with one attached hydrogen (secondary N) is 1. The normalized spacial score (nSPS) is 12.7. The Balaban J connectivity index is 2.63. The number of rotatable bonds is 8. The number of nitrogens with two attached hydrogens (primary N) is 1. The summed E-state index contributed by atoms with van der Waals surface area (Å²) >= 11 is 0. The van der Waals surface area contributed by atoms with E-state index in [0.29, 0.717) is 5.56 Å². The number of carbonyl (C=O) groups is 2. The van der Waals surface area contributed by atoms with Gasteiger partial charge in [0.05, 0.1) is 6.04 Å². The maximum Gasteiger partial charge on any atom is 0.573 e. The van der Waals surface area contributed by atoms with Crippen molar-refractivity contribution >= 4 is 11.9 Å². The molecule has 0 saturated heterocycles. The number of aliphatic carboxylic acids is 1. The minimum Gasteiger partial charge on any atom is -0.481 e. The van der Waals surface area contributed by atoms with Crippen molar-refractivity contribution in [1.82, 2.24) is 5.32 Å². The Morgan fingerprint density at radius 1 is 1.36 bits per heavy atom. The summed E-state index contributed by atoms with van der Waals surface area (Å²) in [5, 5.41) is 11.3. The average molecular weight is 320 g/mol. The van der Waals surface area contributed by atoms with Crippen LogP contribution in [0.3, 0.4) is 0 Å². The Kier molecular flexibility index (Phi) is 6.17. The molecule has 0 aliphatic carbocycles. The Bertz CT molecular complexity index is 534. The highest BCUT2D eigenvalue weighted by Crippen LogP contribution is 2.23. The van der Waals surface area contributed by atoms with Crippen molar-refractivity contribution in [3.63, 3.8) is 0 Å². The molecule has 1 atom stereocenters. The molecule has 0 aromatic heterocycles. The molecule has 1 aromatic rings. The van der Waals surface area contributed by atoms with Crippen LogP contribution in [0, 0.1) is 0 Å². The molecule has 122 valence electrons. The molecule has 0 radical (unpaired) electrons. The number of carboxylic acid groups (broad SMARTS) is 1. The van der Waals surface area contributed by atoms with Gasteiger partial charge in [0, 0.05) is 13.0 Å². The van der Waals surface area contributed by atoms with Crippen molar-refractivity contribution in [2.45, 2.75) is 31.8 Å². The second-order valence-electron chi connectivity index (χ2n) is 4.46. The number of halogens is 3. The van der Waals surface area contributed by atoms with Crippen molar-refractivity contribution < 1.29 is 32.6 Å². The summed E-state index contributed by atoms with van der Waals surface area (Å²) in [6, 6.07) is 4.33. The second-order valence-corrected chi connectivity index (χ2v) is 4.46. The largest absolute Gasteiger partial charge is 0.573 e. The number of carboxylic acids is 1. The van der Waals surface area contributed by atoms with Crippen LogP contribution < -0.4 is 15.8 Å². The van der Waals surface area contributed by atoms with Crippen molar-refractivity contribution in [3.05, 3.63) is 29.8 Å². The summed E-state index contributed by atoms with van der Waals surface area (Å²) in [6.45, 7) is 0.0439. The van der Waals surface area contributed by atoms with Gasteiger partial charge in [-0.15, -0.1) is 13.2 Å². The number of hydrogen-bond donors (Lipinski definition) is 3. The summed E-state index contributed by atoms with van der Waals surface area (Å²) in [5.74, 6) is -2.19. The van der Waals surface area contributed by atoms with E-state index in [9.17, 15) is 22.8 Å². The SMILES string of the molecule is NC(=O)[C@H](CCC(=O)O)NCc1cccc(OC(F)(F)F)c1. The van der Waals surface area contributed by atoms with Gasteiger partial charge < -0.3 is 20.9 Å². The first-order valence-electron chi connectivity index (χ1n) is 6.26. The van der Waals surface area contributed by atoms with Gasteiger partial charge in [0.25, 0.3) is 0 Å². The molecule has 4 N–H and O–H groups in total. The van der Waals surface area contributed by atoms with E-state index in [1.54, 1.807) is 0 Å². The van der Waals surface area contributed by atoms with Gasteiger partial charge in [0.1, 0.15) is 5.75 Å². The maximum absolute atomic E-state index is 12.1. The van der Waals surface area contributed by atoms with E-state index in [1.807, 2.05) is 0 Å². The van der Waals surface area contributed by atoms with E-state index < -0.39 is 24.3 Å². The van der Waals surface area contributed by atoms with E-state index in [-0.39, 0.29) is 25.1 Å². The summed E-state index contributed by atoms with van der Waals surface area (Å²) in [7, 11) is 0. The predicted octanol–water partition coefficient (Wildman–Crippen LogP) is 1.39. The zero-order valence-electron chi connectivity index (χ0n) is 11.4. The third kappa shape index (κ3) is 6.93. The van der Waals surface area contributed by atoms with Gasteiger partial charge >= 0.3 is 12.3 Å². The van der Waals surface area contributed by atoms with Gasteiger partial charge in [0.2, 0.25) is 5.91 Å². The quantitative estimate of drug-likeness (QED) is 0.672. The molecular formula is C13H15F3N2O4. The van der Waals surface area contributed by atoms with Crippen LogP contribution in [0.1, 0.15) is 18.4 Å². The summed E-state index contributed by atoms with van der Waals surface area (Å²) in [5.41, 5.74) is 5.57. The van der Waals surface area contributed by atoms with Crippen molar-refractivity contribution in [2.75, 3.05) is 0 Å². The molecular weight excluding hydrogens is 305 g/mol. The Morgan fingerprint density at radius 3 is 2.59 bits per heavy atom. The molecule has 0 aliphatic heterocycles. The first-order valence-corrected chi connectivity index (χ1v) is 6.26. The van der Waals surface area contributed by atoms with Crippen LogP contribution in [0.15, 0.2) is 24.3 Å². The number of alkyl halides is 3. The number of primary amides is 1. The first-order chi connectivity index (χ1) is 10.2. The standard InChI is InChI=1S/C13H15F3N2O4/c14-13(15,16)22-9-3-1-2-8(6-9)7-18-10(12(17)21)4-5-11(19)20/h1-3,6,10,18H,4-5,7H2,(H2,17,21)(H,19,20)/t10-/m0/s1. The fraction of sp³-hybridized carbons (Fsp3) is 0.385. The zero-order valence-corrected chi connectivity index (χ0v) is 11.4. The van der Waals surface area contributed by atoms with Gasteiger partial charge in [-0.25, -0.2) is 0 Å². The van der Waals surface area contributed by atoms with Crippen LogP contribution in [-0.2, 0) is 16.1 Å². The minimum atomic E-state index is -4.79. The number of amides is 1. The molecule has 6 nitrogen and oxygen atoms in total. The van der Waals surface area contributed by atoms with Crippen molar-refractivity contribution in [3.8, 4) is 5.75 Å². The highest BCUT2D eigenvalue weighted by atomic mass is 19.4. The van der Waals surface area contributed by atoms with E-state index in [4.69, 9.17) is 10.8 Å². The molecule has 9 heteroatoms. The lowest BCUT2D eigenvalue weighted by molar-refractivity contribution is -0.274. The lowest BCUT2D eigenvalue weighted by Gasteiger charge is -2.15. The van der Waals surface area contributed by atoms with E-state index in [1.165, 1.54) is 12.1 Å². The molecule has 0 fully saturated rings. The van der Waals surface area contributed by atoms with E-state index in [0.717, 1.165) is 12.1 Å². The topological polar surface area (TPSA) is 102 Å². The van der Waals surface area contributed by atoms with Gasteiger partial charge in [-0.2, -0.15) is 0 Å². The highest BCUT2D eigenvalue weighted by Gasteiger charge is 2.31. The van der Waals surface area contributed by atoms with Crippen LogP contribution in [0.25, 0.3) is 0 Å². The molecule has 0 spiro atoms. The lowest BCUT2D eigenvalue weighted by Crippen LogP contribution is -2.41. The number of ether oxygens (including phenoxy) is 1. The summed E-state index contributed by atoms with van der Waals surface area (Å²) in [4.78, 5) is 21.7. The molecule has 0 heterocycles. The Hall–Kier alpha value is -2.29. The van der Waals surface area contributed by atoms with Crippen LogP contribution in [0.2, 0.25) is 0 Å². The van der Waals surface area contributed by atoms with E-state index in [2.05, 4.69) is 10.1 Å². The van der Waals surface area contributed by atoms with Crippen LogP contribution in [-0.4, -0.2) is 29.4 Å². The molecule has 1 rings (SSSR count). The van der Waals surface area contributed by atoms with Crippen LogP contribution in [0.5, 0.6) is 5.75 Å². The Labute approximate surface area is 124 Å². The van der Waals surface area contributed by atoms with Crippen molar-refractivity contribution in [2.24, 2.45) is 5.73 Å². The molecule has 0 saturated carbocycles. The van der Waals surface area contributed by atoms with E-state index >= 15 is 0 Å². The van der Waals surface area contributed by atoms with Gasteiger partial charge in [0.15, 0.2) is 0 Å². The number of benzene rings is 1. The second kappa shape index (κ2) is 7.64. The third-order valence-corrected chi connectivity index (χ3v) is 2.67. The van der Waals surface area contributed by atoms with Crippen molar-refractivity contribution in [1.29, 1.82) is 0 Å². The predicted molar refractivity (Wildman–Crippen MR) is 69.8 cm³/mol. The van der Waals surface area contributed by atoms with Crippen LogP contribution >= 0.6 is 0 Å². The molecule has 22 heavy (non-hydrogen) atoms. The minimum absolute atomic E-state index is 0.0105.